The maximum atomic E-state index is 13.8. The molecule has 0 bridgehead atoms. The standard InChI is InChI=1S/C28H23F3N4O4S/c1-15-24-20(14-39-15)19-7-5-16(11-21(19)34-26(24)32)13-35(22-4-2-3-17-9-10-40(37,38)25(17)22)27(36)18-6-8-23(33-12-18)28(29,30)31/h2-8,11-12,15H,9-10,13-14H2,1H3,(H2,32,34). The second kappa shape index (κ2) is 9.27. The van der Waals surface area contributed by atoms with E-state index in [1.807, 2.05) is 13.0 Å². The highest BCUT2D eigenvalue weighted by atomic mass is 32.2. The molecule has 2 aliphatic heterocycles. The minimum Gasteiger partial charge on any atom is -0.383 e. The molecule has 2 aromatic carbocycles. The molecule has 0 saturated carbocycles. The van der Waals surface area contributed by atoms with Crippen LogP contribution in [-0.4, -0.2) is 30.0 Å². The van der Waals surface area contributed by atoms with Crippen LogP contribution in [0.25, 0.3) is 10.9 Å². The predicted molar refractivity (Wildman–Crippen MR) is 141 cm³/mol. The molecule has 4 aromatic rings. The highest BCUT2D eigenvalue weighted by molar-refractivity contribution is 7.91. The second-order valence-corrected chi connectivity index (χ2v) is 11.9. The Labute approximate surface area is 227 Å². The SMILES string of the molecule is CC1OCc2c1c(N)nc1cc(CN(C(=O)c3ccc(C(F)(F)F)nc3)c3cccc4c3S(=O)(=O)CC4)ccc21. The molecule has 0 aliphatic carbocycles. The summed E-state index contributed by atoms with van der Waals surface area (Å²) in [6, 6.07) is 12.1. The van der Waals surface area contributed by atoms with Gasteiger partial charge in [-0.3, -0.25) is 9.78 Å². The maximum absolute atomic E-state index is 13.8. The third kappa shape index (κ3) is 4.37. The molecule has 12 heteroatoms. The lowest BCUT2D eigenvalue weighted by Crippen LogP contribution is -2.32. The molecular weight excluding hydrogens is 545 g/mol. The molecule has 2 N–H and O–H groups in total. The Morgan fingerprint density at radius 1 is 1.18 bits per heavy atom. The van der Waals surface area contributed by atoms with Gasteiger partial charge in [0.1, 0.15) is 11.5 Å². The summed E-state index contributed by atoms with van der Waals surface area (Å²) in [6.45, 7) is 2.21. The van der Waals surface area contributed by atoms with Gasteiger partial charge >= 0.3 is 6.18 Å². The van der Waals surface area contributed by atoms with Gasteiger partial charge in [0.05, 0.1) is 46.7 Å². The lowest BCUT2D eigenvalue weighted by molar-refractivity contribution is -0.141. The minimum atomic E-state index is -4.67. The topological polar surface area (TPSA) is 115 Å². The van der Waals surface area contributed by atoms with Gasteiger partial charge in [0.15, 0.2) is 9.84 Å². The van der Waals surface area contributed by atoms with Crippen molar-refractivity contribution >= 4 is 38.2 Å². The average molecular weight is 569 g/mol. The Balaban J connectivity index is 1.45. The summed E-state index contributed by atoms with van der Waals surface area (Å²) >= 11 is 0. The lowest BCUT2D eigenvalue weighted by Gasteiger charge is -2.25. The number of nitrogens with zero attached hydrogens (tertiary/aromatic N) is 3. The van der Waals surface area contributed by atoms with E-state index in [1.165, 1.54) is 11.0 Å². The molecule has 2 aromatic heterocycles. The number of aromatic nitrogens is 2. The first-order valence-corrected chi connectivity index (χ1v) is 14.1. The van der Waals surface area contributed by atoms with Crippen LogP contribution in [0.4, 0.5) is 24.7 Å². The smallest absolute Gasteiger partial charge is 0.383 e. The first kappa shape index (κ1) is 26.2. The van der Waals surface area contributed by atoms with Crippen molar-refractivity contribution in [2.75, 3.05) is 16.4 Å². The zero-order valence-corrected chi connectivity index (χ0v) is 22.0. The van der Waals surface area contributed by atoms with E-state index in [2.05, 4.69) is 9.97 Å². The maximum Gasteiger partial charge on any atom is 0.433 e. The molecule has 8 nitrogen and oxygen atoms in total. The van der Waals surface area contributed by atoms with Gasteiger partial charge in [-0.2, -0.15) is 13.2 Å². The van der Waals surface area contributed by atoms with Crippen molar-refractivity contribution < 1.29 is 31.1 Å². The quantitative estimate of drug-likeness (QED) is 0.368. The highest BCUT2D eigenvalue weighted by Crippen LogP contribution is 2.39. The van der Waals surface area contributed by atoms with E-state index in [9.17, 15) is 26.4 Å². The average Bonchev–Trinajstić information content (AvgIpc) is 3.46. The number of pyridine rings is 2. The largest absolute Gasteiger partial charge is 0.433 e. The Kier molecular flexibility index (Phi) is 6.07. The molecule has 4 heterocycles. The molecule has 206 valence electrons. The lowest BCUT2D eigenvalue weighted by atomic mass is 10.0. The third-order valence-corrected chi connectivity index (χ3v) is 9.15. The number of alkyl halides is 3. The summed E-state index contributed by atoms with van der Waals surface area (Å²) in [4.78, 5) is 23.1. The summed E-state index contributed by atoms with van der Waals surface area (Å²) in [6.07, 6.45) is -3.69. The van der Waals surface area contributed by atoms with E-state index in [4.69, 9.17) is 10.5 Å². The molecule has 1 amide bonds. The van der Waals surface area contributed by atoms with E-state index >= 15 is 0 Å². The van der Waals surface area contributed by atoms with Crippen LogP contribution in [0.3, 0.4) is 0 Å². The van der Waals surface area contributed by atoms with Gasteiger partial charge in [0.25, 0.3) is 5.91 Å². The van der Waals surface area contributed by atoms with Crippen molar-refractivity contribution in [1.82, 2.24) is 9.97 Å². The molecule has 0 radical (unpaired) electrons. The normalized spacial score (nSPS) is 17.6. The Hall–Kier alpha value is -4.03. The molecular formula is C28H23F3N4O4S. The van der Waals surface area contributed by atoms with Gasteiger partial charge < -0.3 is 15.4 Å². The number of carbonyl (C=O) groups excluding carboxylic acids is 1. The molecule has 6 rings (SSSR count). The van der Waals surface area contributed by atoms with E-state index in [1.54, 1.807) is 24.3 Å². The number of carbonyl (C=O) groups is 1. The minimum absolute atomic E-state index is 0.0512. The van der Waals surface area contributed by atoms with E-state index in [0.717, 1.165) is 34.8 Å². The van der Waals surface area contributed by atoms with Gasteiger partial charge in [-0.05, 0) is 54.3 Å². The monoisotopic (exact) mass is 568 g/mol. The van der Waals surface area contributed by atoms with Gasteiger partial charge in [0.2, 0.25) is 0 Å². The van der Waals surface area contributed by atoms with Crippen molar-refractivity contribution in [3.63, 3.8) is 0 Å². The third-order valence-electron chi connectivity index (χ3n) is 7.32. The van der Waals surface area contributed by atoms with Gasteiger partial charge in [-0.25, -0.2) is 13.4 Å². The summed E-state index contributed by atoms with van der Waals surface area (Å²) in [5.41, 5.74) is 8.69. The van der Waals surface area contributed by atoms with E-state index in [0.29, 0.717) is 35.5 Å². The number of hydrogen-bond donors (Lipinski definition) is 1. The van der Waals surface area contributed by atoms with Crippen molar-refractivity contribution in [3.05, 3.63) is 88.2 Å². The first-order valence-electron chi connectivity index (χ1n) is 12.5. The molecule has 1 unspecified atom stereocenters. The number of ether oxygens (including phenoxy) is 1. The number of aryl methyl sites for hydroxylation is 1. The predicted octanol–water partition coefficient (Wildman–Crippen LogP) is 5.00. The highest BCUT2D eigenvalue weighted by Gasteiger charge is 2.35. The number of anilines is 2. The van der Waals surface area contributed by atoms with E-state index in [-0.39, 0.29) is 34.5 Å². The number of benzene rings is 2. The fraction of sp³-hybridized carbons (Fsp3) is 0.250. The number of fused-ring (bicyclic) bond motifs is 4. The van der Waals surface area contributed by atoms with Crippen LogP contribution < -0.4 is 10.6 Å². The summed E-state index contributed by atoms with van der Waals surface area (Å²) in [5, 5.41) is 0.852. The van der Waals surface area contributed by atoms with Crippen molar-refractivity contribution in [1.29, 1.82) is 0 Å². The molecule has 2 aliphatic rings. The Morgan fingerprint density at radius 2 is 1.98 bits per heavy atom. The van der Waals surface area contributed by atoms with Crippen LogP contribution in [0.2, 0.25) is 0 Å². The zero-order valence-electron chi connectivity index (χ0n) is 21.2. The number of nitrogen functional groups attached to an aromatic ring is 1. The molecule has 0 saturated heterocycles. The van der Waals surface area contributed by atoms with Crippen LogP contribution in [-0.2, 0) is 40.3 Å². The van der Waals surface area contributed by atoms with Crippen LogP contribution in [0, 0.1) is 0 Å². The number of rotatable bonds is 4. The molecule has 1 atom stereocenters. The van der Waals surface area contributed by atoms with Crippen molar-refractivity contribution in [2.45, 2.75) is 43.7 Å². The van der Waals surface area contributed by atoms with Crippen LogP contribution in [0.5, 0.6) is 0 Å². The fourth-order valence-electron chi connectivity index (χ4n) is 5.39. The van der Waals surface area contributed by atoms with Crippen LogP contribution in [0.15, 0.2) is 59.6 Å². The number of nitrogens with two attached hydrogens (primary N) is 1. The Morgan fingerprint density at radius 3 is 2.70 bits per heavy atom. The van der Waals surface area contributed by atoms with Gasteiger partial charge in [0, 0.05) is 17.1 Å². The van der Waals surface area contributed by atoms with Gasteiger partial charge in [-0.1, -0.05) is 24.3 Å². The summed E-state index contributed by atoms with van der Waals surface area (Å²) in [7, 11) is -3.67. The summed E-state index contributed by atoms with van der Waals surface area (Å²) < 4.78 is 70.9. The second-order valence-electron chi connectivity index (χ2n) is 9.85. The number of amides is 1. The Bertz CT molecular complexity index is 1790. The van der Waals surface area contributed by atoms with Gasteiger partial charge in [-0.15, -0.1) is 0 Å². The van der Waals surface area contributed by atoms with Crippen LogP contribution >= 0.6 is 0 Å². The van der Waals surface area contributed by atoms with Crippen LogP contribution in [0.1, 0.15) is 51.3 Å². The molecule has 0 fully saturated rings. The van der Waals surface area contributed by atoms with E-state index < -0.39 is 27.6 Å². The first-order chi connectivity index (χ1) is 18.9. The number of sulfone groups is 1. The number of hydrogen-bond acceptors (Lipinski definition) is 7. The summed E-state index contributed by atoms with van der Waals surface area (Å²) in [5.74, 6) is -0.436. The number of halogens is 3. The fourth-order valence-corrected chi connectivity index (χ4v) is 7.15. The molecule has 0 spiro atoms. The zero-order chi connectivity index (χ0) is 28.4. The molecule has 40 heavy (non-hydrogen) atoms. The van der Waals surface area contributed by atoms with Crippen molar-refractivity contribution in [2.24, 2.45) is 0 Å². The van der Waals surface area contributed by atoms with Crippen molar-refractivity contribution in [3.8, 4) is 0 Å².